The summed E-state index contributed by atoms with van der Waals surface area (Å²) in [6.07, 6.45) is 7.06. The van der Waals surface area contributed by atoms with Gasteiger partial charge in [-0.1, -0.05) is 6.07 Å². The Morgan fingerprint density at radius 1 is 1.31 bits per heavy atom. The first-order valence-corrected chi connectivity index (χ1v) is 4.93. The Morgan fingerprint density at radius 2 is 2.19 bits per heavy atom. The summed E-state index contributed by atoms with van der Waals surface area (Å²) in [5.74, 6) is 1.61. The maximum absolute atomic E-state index is 4.26. The number of imidazole rings is 1. The zero-order valence-corrected chi connectivity index (χ0v) is 9.28. The van der Waals surface area contributed by atoms with Gasteiger partial charge < -0.3 is 4.57 Å². The van der Waals surface area contributed by atoms with Crippen molar-refractivity contribution < 1.29 is 0 Å². The van der Waals surface area contributed by atoms with Crippen LogP contribution in [0.2, 0.25) is 0 Å². The van der Waals surface area contributed by atoms with E-state index in [9.17, 15) is 0 Å². The summed E-state index contributed by atoms with van der Waals surface area (Å²) in [7, 11) is 3.77. The lowest BCUT2D eigenvalue weighted by Gasteiger charge is -2.10. The fourth-order valence-corrected chi connectivity index (χ4v) is 1.24. The summed E-state index contributed by atoms with van der Waals surface area (Å²) in [4.78, 5) is 8.33. The molecule has 5 nitrogen and oxygen atoms in total. The molecule has 82 valence electrons. The minimum Gasteiger partial charge on any atom is -0.333 e. The summed E-state index contributed by atoms with van der Waals surface area (Å²) < 4.78 is 1.90. The van der Waals surface area contributed by atoms with E-state index in [-0.39, 0.29) is 0 Å². The molecule has 0 spiro atoms. The van der Waals surface area contributed by atoms with Crippen LogP contribution in [0, 0.1) is 0 Å². The third-order valence-electron chi connectivity index (χ3n) is 2.19. The highest BCUT2D eigenvalue weighted by Gasteiger charge is 1.98. The molecule has 0 aliphatic heterocycles. The van der Waals surface area contributed by atoms with Crippen molar-refractivity contribution in [3.8, 4) is 0 Å². The number of aromatic nitrogens is 3. The average Bonchev–Trinajstić information content (AvgIpc) is 2.73. The zero-order valence-electron chi connectivity index (χ0n) is 9.28. The van der Waals surface area contributed by atoms with Crippen molar-refractivity contribution in [2.75, 3.05) is 12.1 Å². The molecule has 0 saturated heterocycles. The molecule has 0 N–H and O–H groups in total. The van der Waals surface area contributed by atoms with Crippen molar-refractivity contribution in [2.45, 2.75) is 0 Å². The van der Waals surface area contributed by atoms with Crippen molar-refractivity contribution in [2.24, 2.45) is 12.1 Å². The largest absolute Gasteiger partial charge is 0.333 e. The smallest absolute Gasteiger partial charge is 0.152 e. The highest BCUT2D eigenvalue weighted by atomic mass is 15.5. The molecule has 16 heavy (non-hydrogen) atoms. The maximum Gasteiger partial charge on any atom is 0.152 e. The van der Waals surface area contributed by atoms with Crippen LogP contribution in [0.25, 0.3) is 0 Å². The van der Waals surface area contributed by atoms with Crippen LogP contribution in [0.15, 0.2) is 41.9 Å². The van der Waals surface area contributed by atoms with Gasteiger partial charge in [0.2, 0.25) is 0 Å². The lowest BCUT2D eigenvalue weighted by atomic mass is 10.5. The van der Waals surface area contributed by atoms with Gasteiger partial charge >= 0.3 is 0 Å². The third-order valence-corrected chi connectivity index (χ3v) is 2.19. The lowest BCUT2D eigenvalue weighted by Crippen LogP contribution is -2.11. The summed E-state index contributed by atoms with van der Waals surface area (Å²) in [6.45, 7) is 0. The Balaban J connectivity index is 2.11. The van der Waals surface area contributed by atoms with Crippen LogP contribution in [-0.2, 0) is 7.05 Å². The molecule has 0 radical (unpaired) electrons. The van der Waals surface area contributed by atoms with Crippen molar-refractivity contribution >= 4 is 12.0 Å². The molecule has 0 aromatic carbocycles. The number of rotatable bonds is 3. The van der Waals surface area contributed by atoms with E-state index in [2.05, 4.69) is 15.1 Å². The van der Waals surface area contributed by atoms with Crippen LogP contribution < -0.4 is 5.01 Å². The van der Waals surface area contributed by atoms with Gasteiger partial charge in [0.25, 0.3) is 0 Å². The first kappa shape index (κ1) is 10.4. The second kappa shape index (κ2) is 4.57. The molecule has 0 fully saturated rings. The maximum atomic E-state index is 4.26. The highest BCUT2D eigenvalue weighted by molar-refractivity contribution is 5.75. The summed E-state index contributed by atoms with van der Waals surface area (Å²) in [5.41, 5.74) is 0. The van der Waals surface area contributed by atoms with E-state index in [4.69, 9.17) is 0 Å². The number of nitrogens with zero attached hydrogens (tertiary/aromatic N) is 5. The van der Waals surface area contributed by atoms with Gasteiger partial charge in [0, 0.05) is 32.7 Å². The monoisotopic (exact) mass is 215 g/mol. The number of hydrogen-bond acceptors (Lipinski definition) is 4. The number of aryl methyl sites for hydroxylation is 1. The molecular weight excluding hydrogens is 202 g/mol. The number of anilines is 1. The van der Waals surface area contributed by atoms with Gasteiger partial charge in [0.15, 0.2) is 5.82 Å². The number of hydrogen-bond donors (Lipinski definition) is 0. The topological polar surface area (TPSA) is 46.3 Å². The molecule has 0 saturated carbocycles. The Kier molecular flexibility index (Phi) is 2.95. The lowest BCUT2D eigenvalue weighted by molar-refractivity contribution is 0.895. The Hall–Kier alpha value is -2.17. The molecule has 0 atom stereocenters. The highest BCUT2D eigenvalue weighted by Crippen LogP contribution is 2.06. The number of hydrazone groups is 1. The van der Waals surface area contributed by atoms with Gasteiger partial charge in [-0.2, -0.15) is 5.10 Å². The Morgan fingerprint density at radius 3 is 2.81 bits per heavy atom. The van der Waals surface area contributed by atoms with Gasteiger partial charge in [-0.15, -0.1) is 0 Å². The van der Waals surface area contributed by atoms with E-state index in [1.807, 2.05) is 43.1 Å². The average molecular weight is 215 g/mol. The fraction of sp³-hybridized carbons (Fsp3) is 0.182. The van der Waals surface area contributed by atoms with E-state index < -0.39 is 0 Å². The van der Waals surface area contributed by atoms with Crippen LogP contribution in [0.3, 0.4) is 0 Å². The molecule has 5 heteroatoms. The second-order valence-electron chi connectivity index (χ2n) is 3.35. The predicted octanol–water partition coefficient (Wildman–Crippen LogP) is 1.29. The summed E-state index contributed by atoms with van der Waals surface area (Å²) in [5, 5.41) is 5.96. The van der Waals surface area contributed by atoms with Crippen molar-refractivity contribution in [1.29, 1.82) is 0 Å². The Labute approximate surface area is 94.1 Å². The SMILES string of the molecule is CN(/N=C/c1nccn1C)c1ccccn1. The number of pyridine rings is 1. The van der Waals surface area contributed by atoms with Gasteiger partial charge in [0.05, 0.1) is 6.21 Å². The fourth-order valence-electron chi connectivity index (χ4n) is 1.24. The van der Waals surface area contributed by atoms with E-state index in [0.29, 0.717) is 0 Å². The molecule has 0 bridgehead atoms. The molecule has 0 unspecified atom stereocenters. The minimum absolute atomic E-state index is 0.799. The van der Waals surface area contributed by atoms with E-state index in [0.717, 1.165) is 11.6 Å². The van der Waals surface area contributed by atoms with Crippen LogP contribution in [0.5, 0.6) is 0 Å². The molecule has 0 amide bonds. The van der Waals surface area contributed by atoms with E-state index in [1.54, 1.807) is 23.6 Å². The standard InChI is InChI=1S/C11H13N5/c1-15-8-7-13-11(15)9-14-16(2)10-5-3-4-6-12-10/h3-9H,1-2H3/b14-9+. The van der Waals surface area contributed by atoms with Gasteiger partial charge in [0.1, 0.15) is 5.82 Å². The molecule has 2 aromatic heterocycles. The quantitative estimate of drug-likeness (QED) is 0.572. The Bertz CT molecular complexity index is 474. The predicted molar refractivity (Wildman–Crippen MR) is 63.4 cm³/mol. The minimum atomic E-state index is 0.799. The zero-order chi connectivity index (χ0) is 11.4. The first-order chi connectivity index (χ1) is 7.77. The van der Waals surface area contributed by atoms with Crippen molar-refractivity contribution in [1.82, 2.24) is 14.5 Å². The van der Waals surface area contributed by atoms with Crippen LogP contribution in [0.1, 0.15) is 5.82 Å². The second-order valence-corrected chi connectivity index (χ2v) is 3.35. The van der Waals surface area contributed by atoms with E-state index >= 15 is 0 Å². The molecule has 0 aliphatic carbocycles. The third kappa shape index (κ3) is 2.25. The molecular formula is C11H13N5. The normalized spacial score (nSPS) is 10.9. The van der Waals surface area contributed by atoms with E-state index in [1.165, 1.54) is 0 Å². The van der Waals surface area contributed by atoms with Crippen LogP contribution in [-0.4, -0.2) is 27.8 Å². The van der Waals surface area contributed by atoms with Crippen LogP contribution in [0.4, 0.5) is 5.82 Å². The molecule has 2 heterocycles. The molecule has 0 aliphatic rings. The van der Waals surface area contributed by atoms with Gasteiger partial charge in [-0.3, -0.25) is 5.01 Å². The summed E-state index contributed by atoms with van der Waals surface area (Å²) >= 11 is 0. The van der Waals surface area contributed by atoms with Crippen molar-refractivity contribution in [3.63, 3.8) is 0 Å². The summed E-state index contributed by atoms with van der Waals surface area (Å²) in [6, 6.07) is 5.70. The van der Waals surface area contributed by atoms with Crippen LogP contribution >= 0.6 is 0 Å². The molecule has 2 rings (SSSR count). The van der Waals surface area contributed by atoms with Gasteiger partial charge in [-0.05, 0) is 12.1 Å². The van der Waals surface area contributed by atoms with Crippen molar-refractivity contribution in [3.05, 3.63) is 42.6 Å². The molecule has 2 aromatic rings. The first-order valence-electron chi connectivity index (χ1n) is 4.93. The van der Waals surface area contributed by atoms with Gasteiger partial charge in [-0.25, -0.2) is 9.97 Å².